The highest BCUT2D eigenvalue weighted by molar-refractivity contribution is 7.89. The van der Waals surface area contributed by atoms with Crippen molar-refractivity contribution < 1.29 is 18.1 Å². The van der Waals surface area contributed by atoms with Gasteiger partial charge in [0, 0.05) is 24.7 Å². The van der Waals surface area contributed by atoms with E-state index in [-0.39, 0.29) is 23.2 Å². The molecule has 29 heavy (non-hydrogen) atoms. The van der Waals surface area contributed by atoms with E-state index in [9.17, 15) is 18.5 Å². The van der Waals surface area contributed by atoms with E-state index in [1.807, 2.05) is 24.3 Å². The Bertz CT molecular complexity index is 970. The zero-order chi connectivity index (χ0) is 21.0. The van der Waals surface area contributed by atoms with Crippen molar-refractivity contribution in [3.05, 3.63) is 63.7 Å². The molecule has 2 aromatic carbocycles. The molecule has 1 unspecified atom stereocenters. The summed E-state index contributed by atoms with van der Waals surface area (Å²) in [6.45, 7) is 3.60. The van der Waals surface area contributed by atoms with Crippen LogP contribution < -0.4 is 9.46 Å². The predicted octanol–water partition coefficient (Wildman–Crippen LogP) is 3.03. The summed E-state index contributed by atoms with van der Waals surface area (Å²) in [5.74, 6) is 0.746. The number of nitrogens with zero attached hydrogens (tertiary/aromatic N) is 2. The van der Waals surface area contributed by atoms with Gasteiger partial charge >= 0.3 is 0 Å². The highest BCUT2D eigenvalue weighted by atomic mass is 32.2. The van der Waals surface area contributed by atoms with Gasteiger partial charge in [-0.3, -0.25) is 15.0 Å². The van der Waals surface area contributed by atoms with Crippen LogP contribution in [0.3, 0.4) is 0 Å². The summed E-state index contributed by atoms with van der Waals surface area (Å²) in [7, 11) is -2.20. The third kappa shape index (κ3) is 4.92. The summed E-state index contributed by atoms with van der Waals surface area (Å²) in [5, 5.41) is 10.9. The van der Waals surface area contributed by atoms with Gasteiger partial charge in [-0.05, 0) is 62.2 Å². The third-order valence-corrected chi connectivity index (χ3v) is 6.79. The number of non-ortho nitro benzene ring substituents is 1. The van der Waals surface area contributed by atoms with Gasteiger partial charge < -0.3 is 4.74 Å². The predicted molar refractivity (Wildman–Crippen MR) is 110 cm³/mol. The average Bonchev–Trinajstić information content (AvgIpc) is 3.22. The zero-order valence-corrected chi connectivity index (χ0v) is 17.3. The maximum atomic E-state index is 12.9. The molecular weight excluding hydrogens is 394 g/mol. The molecule has 0 amide bonds. The number of benzene rings is 2. The number of methoxy groups -OCH3 is 1. The van der Waals surface area contributed by atoms with E-state index in [1.165, 1.54) is 18.2 Å². The molecule has 0 saturated carbocycles. The molecule has 0 aliphatic carbocycles. The molecule has 0 spiro atoms. The minimum atomic E-state index is -3.80. The second kappa shape index (κ2) is 8.89. The minimum Gasteiger partial charge on any atom is -0.497 e. The number of aryl methyl sites for hydroxylation is 1. The molecule has 156 valence electrons. The molecule has 8 nitrogen and oxygen atoms in total. The quantitative estimate of drug-likeness (QED) is 0.521. The van der Waals surface area contributed by atoms with Crippen LogP contribution in [0.5, 0.6) is 5.75 Å². The van der Waals surface area contributed by atoms with E-state index < -0.39 is 14.9 Å². The largest absolute Gasteiger partial charge is 0.497 e. The standard InChI is InChI=1S/C20H25N3O5S/c1-15-13-17(23(24)25)7-10-20(15)29(26,27)21-14-19(22-11-3-4-12-22)16-5-8-18(28-2)9-6-16/h5-10,13,19,21H,3-4,11-12,14H2,1-2H3. The van der Waals surface area contributed by atoms with E-state index in [0.29, 0.717) is 5.56 Å². The molecule has 2 aromatic rings. The van der Waals surface area contributed by atoms with Crippen LogP contribution in [-0.2, 0) is 10.0 Å². The Hall–Kier alpha value is -2.49. The Kier molecular flexibility index (Phi) is 6.51. The van der Waals surface area contributed by atoms with Gasteiger partial charge in [0.25, 0.3) is 5.69 Å². The van der Waals surface area contributed by atoms with Gasteiger partial charge in [0.15, 0.2) is 0 Å². The third-order valence-electron chi connectivity index (χ3n) is 5.21. The van der Waals surface area contributed by atoms with Gasteiger partial charge in [0.05, 0.1) is 16.9 Å². The Morgan fingerprint density at radius 3 is 2.38 bits per heavy atom. The maximum absolute atomic E-state index is 12.9. The highest BCUT2D eigenvalue weighted by Gasteiger charge is 2.26. The number of hydrogen-bond donors (Lipinski definition) is 1. The SMILES string of the molecule is COc1ccc(C(CNS(=O)(=O)c2ccc([N+](=O)[O-])cc2C)N2CCCC2)cc1. The number of ether oxygens (including phenoxy) is 1. The lowest BCUT2D eigenvalue weighted by Crippen LogP contribution is -2.37. The van der Waals surface area contributed by atoms with Crippen molar-refractivity contribution in [1.82, 2.24) is 9.62 Å². The summed E-state index contributed by atoms with van der Waals surface area (Å²) in [5.41, 5.74) is 1.22. The Morgan fingerprint density at radius 2 is 1.83 bits per heavy atom. The molecule has 1 atom stereocenters. The molecule has 1 heterocycles. The summed E-state index contributed by atoms with van der Waals surface area (Å²) in [6, 6.07) is 11.3. The van der Waals surface area contributed by atoms with Crippen LogP contribution in [0.4, 0.5) is 5.69 Å². The van der Waals surface area contributed by atoms with Gasteiger partial charge in [-0.15, -0.1) is 0 Å². The van der Waals surface area contributed by atoms with E-state index in [1.54, 1.807) is 14.0 Å². The number of likely N-dealkylation sites (tertiary alicyclic amines) is 1. The van der Waals surface area contributed by atoms with Crippen LogP contribution in [0.1, 0.15) is 30.0 Å². The lowest BCUT2D eigenvalue weighted by atomic mass is 10.1. The summed E-state index contributed by atoms with van der Waals surface area (Å²) in [6.07, 6.45) is 2.17. The molecule has 0 radical (unpaired) electrons. The van der Waals surface area contributed by atoms with Crippen molar-refractivity contribution in [1.29, 1.82) is 0 Å². The van der Waals surface area contributed by atoms with Gasteiger partial charge in [-0.1, -0.05) is 12.1 Å². The van der Waals surface area contributed by atoms with E-state index in [4.69, 9.17) is 4.74 Å². The van der Waals surface area contributed by atoms with E-state index in [0.717, 1.165) is 37.2 Å². The molecule has 1 N–H and O–H groups in total. The Morgan fingerprint density at radius 1 is 1.17 bits per heavy atom. The fourth-order valence-corrected chi connectivity index (χ4v) is 4.91. The summed E-state index contributed by atoms with van der Waals surface area (Å²) >= 11 is 0. The second-order valence-corrected chi connectivity index (χ2v) is 8.83. The minimum absolute atomic E-state index is 0.0537. The Labute approximate surface area is 170 Å². The second-order valence-electron chi connectivity index (χ2n) is 7.09. The number of nitrogens with one attached hydrogen (secondary N) is 1. The van der Waals surface area contributed by atoms with Crippen molar-refractivity contribution >= 4 is 15.7 Å². The first kappa shape index (κ1) is 21.2. The smallest absolute Gasteiger partial charge is 0.269 e. The van der Waals surface area contributed by atoms with Gasteiger partial charge in [0.2, 0.25) is 10.0 Å². The number of nitro groups is 1. The number of sulfonamides is 1. The first-order valence-electron chi connectivity index (χ1n) is 9.44. The van der Waals surface area contributed by atoms with Gasteiger partial charge in [-0.2, -0.15) is 0 Å². The topological polar surface area (TPSA) is 102 Å². The monoisotopic (exact) mass is 419 g/mol. The molecular formula is C20H25N3O5S. The first-order chi connectivity index (χ1) is 13.8. The maximum Gasteiger partial charge on any atom is 0.269 e. The number of nitro benzene ring substituents is 1. The zero-order valence-electron chi connectivity index (χ0n) is 16.5. The van der Waals surface area contributed by atoms with Gasteiger partial charge in [0.1, 0.15) is 5.75 Å². The van der Waals surface area contributed by atoms with Crippen LogP contribution in [0.25, 0.3) is 0 Å². The molecule has 9 heteroatoms. The van der Waals surface area contributed by atoms with Crippen LogP contribution in [0, 0.1) is 17.0 Å². The number of hydrogen-bond acceptors (Lipinski definition) is 6. The molecule has 1 saturated heterocycles. The lowest BCUT2D eigenvalue weighted by molar-refractivity contribution is -0.385. The van der Waals surface area contributed by atoms with Crippen LogP contribution in [0.2, 0.25) is 0 Å². The molecule has 0 aromatic heterocycles. The molecule has 1 fully saturated rings. The van der Waals surface area contributed by atoms with Crippen LogP contribution >= 0.6 is 0 Å². The van der Waals surface area contributed by atoms with Crippen molar-refractivity contribution in [2.75, 3.05) is 26.7 Å². The van der Waals surface area contributed by atoms with Crippen molar-refractivity contribution in [3.8, 4) is 5.75 Å². The normalized spacial score (nSPS) is 15.9. The fourth-order valence-electron chi connectivity index (χ4n) is 3.65. The summed E-state index contributed by atoms with van der Waals surface area (Å²) in [4.78, 5) is 12.7. The van der Waals surface area contributed by atoms with Crippen molar-refractivity contribution in [2.24, 2.45) is 0 Å². The average molecular weight is 420 g/mol. The fraction of sp³-hybridized carbons (Fsp3) is 0.400. The van der Waals surface area contributed by atoms with E-state index >= 15 is 0 Å². The lowest BCUT2D eigenvalue weighted by Gasteiger charge is -2.28. The van der Waals surface area contributed by atoms with Gasteiger partial charge in [-0.25, -0.2) is 13.1 Å². The number of rotatable bonds is 8. The Balaban J connectivity index is 1.81. The molecule has 3 rings (SSSR count). The summed E-state index contributed by atoms with van der Waals surface area (Å²) < 4.78 is 33.6. The molecule has 1 aliphatic rings. The first-order valence-corrected chi connectivity index (χ1v) is 10.9. The van der Waals surface area contributed by atoms with Crippen LogP contribution in [-0.4, -0.2) is 45.0 Å². The highest BCUT2D eigenvalue weighted by Crippen LogP contribution is 2.27. The van der Waals surface area contributed by atoms with Crippen LogP contribution in [0.15, 0.2) is 47.4 Å². The van der Waals surface area contributed by atoms with Crippen molar-refractivity contribution in [2.45, 2.75) is 30.7 Å². The van der Waals surface area contributed by atoms with E-state index in [2.05, 4.69) is 9.62 Å². The molecule has 0 bridgehead atoms. The molecule has 1 aliphatic heterocycles. The van der Waals surface area contributed by atoms with Crippen molar-refractivity contribution in [3.63, 3.8) is 0 Å².